The first-order chi connectivity index (χ1) is 13.6. The Bertz CT molecular complexity index is 741. The Balaban J connectivity index is 1.97. The molecule has 6 heteroatoms. The number of aliphatic imine (C=N–C) groups is 2. The van der Waals surface area contributed by atoms with E-state index in [2.05, 4.69) is 28.7 Å². The molecule has 1 aliphatic heterocycles. The van der Waals surface area contributed by atoms with Crippen LogP contribution >= 0.6 is 0 Å². The molecule has 0 aliphatic carbocycles. The van der Waals surface area contributed by atoms with Gasteiger partial charge < -0.3 is 9.64 Å². The molecule has 0 atom stereocenters. The summed E-state index contributed by atoms with van der Waals surface area (Å²) in [6.45, 7) is 6.28. The van der Waals surface area contributed by atoms with Crippen LogP contribution in [0.2, 0.25) is 0 Å². The van der Waals surface area contributed by atoms with Gasteiger partial charge in [-0.1, -0.05) is 32.4 Å². The predicted octanol–water partition coefficient (Wildman–Crippen LogP) is 5.77. The molecule has 0 spiro atoms. The lowest BCUT2D eigenvalue weighted by atomic mass is 10.2. The van der Waals surface area contributed by atoms with E-state index in [0.29, 0.717) is 30.0 Å². The molecule has 0 radical (unpaired) electrons. The van der Waals surface area contributed by atoms with Crippen molar-refractivity contribution < 1.29 is 13.5 Å². The molecule has 0 bridgehead atoms. The van der Waals surface area contributed by atoms with Crippen LogP contribution in [0.4, 0.5) is 8.78 Å². The van der Waals surface area contributed by atoms with Gasteiger partial charge in [0, 0.05) is 13.1 Å². The maximum absolute atomic E-state index is 14.4. The first-order valence-electron chi connectivity index (χ1n) is 9.90. The monoisotopic (exact) mass is 389 g/mol. The van der Waals surface area contributed by atoms with Crippen molar-refractivity contribution in [3.8, 4) is 0 Å². The molecule has 1 heterocycles. The van der Waals surface area contributed by atoms with Crippen LogP contribution < -0.4 is 0 Å². The van der Waals surface area contributed by atoms with Crippen LogP contribution in [0, 0.1) is 5.82 Å². The van der Waals surface area contributed by atoms with E-state index in [0.717, 1.165) is 38.6 Å². The zero-order chi connectivity index (χ0) is 20.2. The van der Waals surface area contributed by atoms with Crippen LogP contribution in [-0.2, 0) is 11.3 Å². The number of hydrogen-bond acceptors (Lipinski definition) is 3. The van der Waals surface area contributed by atoms with Crippen molar-refractivity contribution in [1.82, 2.24) is 4.90 Å². The summed E-state index contributed by atoms with van der Waals surface area (Å²) in [4.78, 5) is 10.6. The number of hydrogen-bond donors (Lipinski definition) is 0. The molecule has 4 nitrogen and oxygen atoms in total. The Morgan fingerprint density at radius 3 is 2.82 bits per heavy atom. The molecule has 1 aliphatic rings. The third kappa shape index (κ3) is 7.62. The van der Waals surface area contributed by atoms with Crippen LogP contribution in [0.3, 0.4) is 0 Å². The second-order valence-corrected chi connectivity index (χ2v) is 6.69. The summed E-state index contributed by atoms with van der Waals surface area (Å²) in [6.07, 6.45) is 8.94. The first-order valence-corrected chi connectivity index (χ1v) is 9.90. The zero-order valence-corrected chi connectivity index (χ0v) is 16.7. The summed E-state index contributed by atoms with van der Waals surface area (Å²) < 4.78 is 33.2. The maximum atomic E-state index is 14.4. The van der Waals surface area contributed by atoms with Gasteiger partial charge in [-0.15, -0.1) is 0 Å². The molecule has 2 rings (SSSR count). The molecule has 0 fully saturated rings. The van der Waals surface area contributed by atoms with Crippen LogP contribution in [0.25, 0.3) is 0 Å². The van der Waals surface area contributed by atoms with Crippen molar-refractivity contribution in [2.45, 2.75) is 52.6 Å². The fraction of sp³-hybridized carbons (Fsp3) is 0.455. The average molecular weight is 389 g/mol. The van der Waals surface area contributed by atoms with Crippen molar-refractivity contribution in [2.24, 2.45) is 9.98 Å². The number of rotatable bonds is 10. The van der Waals surface area contributed by atoms with E-state index in [4.69, 9.17) is 4.74 Å². The third-order valence-corrected chi connectivity index (χ3v) is 4.24. The van der Waals surface area contributed by atoms with E-state index in [9.17, 15) is 8.78 Å². The summed E-state index contributed by atoms with van der Waals surface area (Å²) in [6, 6.07) is 6.17. The molecule has 1 aromatic rings. The van der Waals surface area contributed by atoms with Gasteiger partial charge in [0.25, 0.3) is 0 Å². The maximum Gasteiger partial charge on any atom is 0.209 e. The fourth-order valence-electron chi connectivity index (χ4n) is 2.73. The Kier molecular flexibility index (Phi) is 9.39. The molecule has 0 saturated carbocycles. The minimum Gasteiger partial charge on any atom is -0.473 e. The quantitative estimate of drug-likeness (QED) is 0.376. The van der Waals surface area contributed by atoms with Gasteiger partial charge in [-0.2, -0.15) is 0 Å². The molecule has 152 valence electrons. The van der Waals surface area contributed by atoms with E-state index in [1.54, 1.807) is 24.5 Å². The highest BCUT2D eigenvalue weighted by Crippen LogP contribution is 2.19. The summed E-state index contributed by atoms with van der Waals surface area (Å²) in [5.41, 5.74) is 1.09. The normalized spacial score (nSPS) is 20.4. The summed E-state index contributed by atoms with van der Waals surface area (Å²) >= 11 is 0. The highest BCUT2D eigenvalue weighted by atomic mass is 19.1. The Morgan fingerprint density at radius 1 is 1.21 bits per heavy atom. The molecule has 0 N–H and O–H groups in total. The second-order valence-electron chi connectivity index (χ2n) is 6.69. The number of benzene rings is 1. The average Bonchev–Trinajstić information content (AvgIpc) is 2.68. The number of nitrogens with zero attached hydrogens (tertiary/aromatic N) is 3. The minimum absolute atomic E-state index is 0.181. The van der Waals surface area contributed by atoms with E-state index in [-0.39, 0.29) is 12.4 Å². The minimum atomic E-state index is -0.455. The van der Waals surface area contributed by atoms with Gasteiger partial charge in [-0.05, 0) is 49.5 Å². The van der Waals surface area contributed by atoms with Crippen LogP contribution in [0.15, 0.2) is 57.7 Å². The van der Waals surface area contributed by atoms with Crippen molar-refractivity contribution >= 4 is 12.6 Å². The van der Waals surface area contributed by atoms with Crippen molar-refractivity contribution in [3.63, 3.8) is 0 Å². The standard InChI is InChI=1S/C22H29F2N3O/c1-3-5-13-27(12-4-2)17-26-21-10-7-11-22(25-15-20(21)24)28-16-18-8-6-9-19(23)14-18/h6,8-9,11,14-15,17H,3-5,7,10,12-13,16H2,1-2H3/b21-20-,22-11-,25-15-,26-17+. The smallest absolute Gasteiger partial charge is 0.209 e. The molecule has 28 heavy (non-hydrogen) atoms. The molecule has 1 aromatic carbocycles. The molecule has 0 unspecified atom stereocenters. The molecule has 0 saturated heterocycles. The van der Waals surface area contributed by atoms with E-state index in [1.807, 2.05) is 0 Å². The van der Waals surface area contributed by atoms with Crippen molar-refractivity contribution in [2.75, 3.05) is 13.1 Å². The topological polar surface area (TPSA) is 37.2 Å². The van der Waals surface area contributed by atoms with Crippen molar-refractivity contribution in [3.05, 3.63) is 59.1 Å². The van der Waals surface area contributed by atoms with Gasteiger partial charge in [0.2, 0.25) is 5.88 Å². The van der Waals surface area contributed by atoms with Gasteiger partial charge in [-0.25, -0.2) is 18.8 Å². The predicted molar refractivity (Wildman–Crippen MR) is 110 cm³/mol. The Hall–Kier alpha value is -2.50. The van der Waals surface area contributed by atoms with E-state index >= 15 is 0 Å². The molecule has 0 aromatic heterocycles. The van der Waals surface area contributed by atoms with Crippen LogP contribution in [0.1, 0.15) is 51.5 Å². The van der Waals surface area contributed by atoms with Crippen LogP contribution in [0.5, 0.6) is 0 Å². The van der Waals surface area contributed by atoms with Gasteiger partial charge in [0.15, 0.2) is 5.83 Å². The largest absolute Gasteiger partial charge is 0.473 e. The molecular weight excluding hydrogens is 360 g/mol. The third-order valence-electron chi connectivity index (χ3n) is 4.24. The lowest BCUT2D eigenvalue weighted by Gasteiger charge is -2.18. The van der Waals surface area contributed by atoms with Gasteiger partial charge in [0.05, 0.1) is 18.3 Å². The van der Waals surface area contributed by atoms with E-state index in [1.165, 1.54) is 12.1 Å². The van der Waals surface area contributed by atoms with Crippen LogP contribution in [-0.4, -0.2) is 30.5 Å². The zero-order valence-electron chi connectivity index (χ0n) is 16.7. The first kappa shape index (κ1) is 21.8. The number of halogens is 2. The summed E-state index contributed by atoms with van der Waals surface area (Å²) in [7, 11) is 0. The van der Waals surface area contributed by atoms with Gasteiger partial charge in [-0.3, -0.25) is 0 Å². The Morgan fingerprint density at radius 2 is 2.07 bits per heavy atom. The highest BCUT2D eigenvalue weighted by Gasteiger charge is 2.09. The number of allylic oxidation sites excluding steroid dienone is 3. The summed E-state index contributed by atoms with van der Waals surface area (Å²) in [5.74, 6) is -0.440. The number of unbranched alkanes of at least 4 members (excludes halogenated alkanes) is 1. The fourth-order valence-corrected chi connectivity index (χ4v) is 2.73. The lowest BCUT2D eigenvalue weighted by Crippen LogP contribution is -2.24. The van der Waals surface area contributed by atoms with Gasteiger partial charge >= 0.3 is 0 Å². The van der Waals surface area contributed by atoms with E-state index < -0.39 is 5.83 Å². The summed E-state index contributed by atoms with van der Waals surface area (Å²) in [5, 5.41) is 0. The highest BCUT2D eigenvalue weighted by molar-refractivity contribution is 5.78. The second kappa shape index (κ2) is 12.1. The van der Waals surface area contributed by atoms with Gasteiger partial charge in [0.1, 0.15) is 12.4 Å². The SMILES string of the molecule is CCCCN(/C=N/C1=C(F)/C=N\C(OCc2cccc(F)c2)=C\CC1)CCC. The lowest BCUT2D eigenvalue weighted by molar-refractivity contribution is 0.195. The molecular formula is C22H29F2N3O. The Labute approximate surface area is 166 Å². The number of ether oxygens (including phenoxy) is 1. The molecule has 0 amide bonds. The van der Waals surface area contributed by atoms with Crippen molar-refractivity contribution in [1.29, 1.82) is 0 Å².